The van der Waals surface area contributed by atoms with Gasteiger partial charge in [-0.1, -0.05) is 69.5 Å². The van der Waals surface area contributed by atoms with E-state index >= 15 is 0 Å². The average Bonchev–Trinajstić information content (AvgIpc) is 2.93. The van der Waals surface area contributed by atoms with Crippen molar-refractivity contribution in [3.8, 4) is 28.0 Å². The Hall–Kier alpha value is -3.72. The Bertz CT molecular complexity index is 1240. The lowest BCUT2D eigenvalue weighted by Crippen LogP contribution is -2.34. The predicted molar refractivity (Wildman–Crippen MR) is 148 cm³/mol. The summed E-state index contributed by atoms with van der Waals surface area (Å²) in [7, 11) is 0. The number of hydrazine groups is 1. The molecule has 0 aromatic heterocycles. The predicted octanol–water partition coefficient (Wildman–Crippen LogP) is 8.66. The zero-order chi connectivity index (χ0) is 24.0. The maximum atomic E-state index is 6.11. The number of nitrogens with zero attached hydrogens (tertiary/aromatic N) is 2. The van der Waals surface area contributed by atoms with Gasteiger partial charge in [0.05, 0.1) is 12.3 Å². The molecule has 178 valence electrons. The zero-order valence-electron chi connectivity index (χ0n) is 20.7. The maximum Gasteiger partial charge on any atom is 0.119 e. The molecule has 1 unspecified atom stereocenters. The van der Waals surface area contributed by atoms with Crippen LogP contribution in [0.4, 0.5) is 5.69 Å². The van der Waals surface area contributed by atoms with Crippen molar-refractivity contribution in [3.05, 3.63) is 103 Å². The summed E-state index contributed by atoms with van der Waals surface area (Å²) in [4.78, 5) is 0. The highest BCUT2D eigenvalue weighted by Gasteiger charge is 2.18. The quantitative estimate of drug-likeness (QED) is 0.316. The van der Waals surface area contributed by atoms with Crippen molar-refractivity contribution < 1.29 is 4.74 Å². The number of rotatable bonds is 9. The molecule has 0 fully saturated rings. The second-order valence-electron chi connectivity index (χ2n) is 9.33. The molecular weight excluding hydrogens is 428 g/mol. The van der Waals surface area contributed by atoms with E-state index in [0.29, 0.717) is 5.92 Å². The summed E-state index contributed by atoms with van der Waals surface area (Å²) in [5, 5.41) is 4.25. The van der Waals surface area contributed by atoms with Crippen LogP contribution >= 0.6 is 0 Å². The molecule has 3 heteroatoms. The minimum absolute atomic E-state index is 0.642. The van der Waals surface area contributed by atoms with Crippen molar-refractivity contribution in [1.29, 1.82) is 0 Å². The van der Waals surface area contributed by atoms with Gasteiger partial charge in [-0.2, -0.15) is 0 Å². The largest absolute Gasteiger partial charge is 0.493 e. The number of benzene rings is 3. The van der Waals surface area contributed by atoms with Gasteiger partial charge in [-0.15, -0.1) is 0 Å². The van der Waals surface area contributed by atoms with Crippen LogP contribution in [0.25, 0.3) is 28.3 Å². The lowest BCUT2D eigenvalue weighted by molar-refractivity contribution is 0.233. The molecule has 0 spiro atoms. The summed E-state index contributed by atoms with van der Waals surface area (Å²) in [6.07, 6.45) is 17.5. The summed E-state index contributed by atoms with van der Waals surface area (Å²) in [5.41, 5.74) is 7.26. The SMILES string of the molecule is CCCCC(CC)COc1ccc(-c2cccc(-c3ccc4c(c3)C=CN3C=CC=CN43)c2)cc1. The van der Waals surface area contributed by atoms with Crippen LogP contribution in [0.3, 0.4) is 0 Å². The number of fused-ring (bicyclic) bond motifs is 3. The molecule has 3 aromatic carbocycles. The van der Waals surface area contributed by atoms with Gasteiger partial charge in [-0.05, 0) is 83.2 Å². The third kappa shape index (κ3) is 5.19. The standard InChI is InChI=1S/C32H34N2O/c1-3-5-9-25(4-2)24-35-31-15-12-26(13-16-31)27-10-8-11-28(22-27)29-14-17-32-30(23-29)18-21-33-19-6-7-20-34(32)33/h6-8,10-23,25H,3-5,9,24H2,1-2H3. The molecule has 0 radical (unpaired) electrons. The van der Waals surface area contributed by atoms with Gasteiger partial charge in [-0.3, -0.25) is 10.0 Å². The number of ether oxygens (including phenoxy) is 1. The van der Waals surface area contributed by atoms with Gasteiger partial charge in [0.2, 0.25) is 0 Å². The Kier molecular flexibility index (Phi) is 7.04. The van der Waals surface area contributed by atoms with Crippen LogP contribution < -0.4 is 9.75 Å². The van der Waals surface area contributed by atoms with Crippen LogP contribution in [0, 0.1) is 5.92 Å². The Balaban J connectivity index is 1.31. The topological polar surface area (TPSA) is 15.7 Å². The molecule has 0 saturated carbocycles. The third-order valence-electron chi connectivity index (χ3n) is 6.92. The van der Waals surface area contributed by atoms with Crippen LogP contribution in [0.15, 0.2) is 97.5 Å². The molecule has 0 aliphatic carbocycles. The molecule has 0 bridgehead atoms. The van der Waals surface area contributed by atoms with E-state index in [1.807, 2.05) is 6.08 Å². The molecular formula is C32H34N2O. The number of anilines is 1. The highest BCUT2D eigenvalue weighted by Crippen LogP contribution is 2.35. The van der Waals surface area contributed by atoms with Gasteiger partial charge < -0.3 is 4.74 Å². The Morgan fingerprint density at radius 2 is 1.51 bits per heavy atom. The first-order chi connectivity index (χ1) is 17.2. The van der Waals surface area contributed by atoms with E-state index in [0.717, 1.165) is 12.4 Å². The van der Waals surface area contributed by atoms with Gasteiger partial charge in [0.15, 0.2) is 0 Å². The Morgan fingerprint density at radius 1 is 0.771 bits per heavy atom. The van der Waals surface area contributed by atoms with E-state index in [4.69, 9.17) is 4.74 Å². The molecule has 0 saturated heterocycles. The second kappa shape index (κ2) is 10.7. The van der Waals surface area contributed by atoms with Gasteiger partial charge >= 0.3 is 0 Å². The maximum absolute atomic E-state index is 6.11. The number of allylic oxidation sites excluding steroid dienone is 2. The van der Waals surface area contributed by atoms with Crippen molar-refractivity contribution in [2.24, 2.45) is 5.92 Å². The first-order valence-corrected chi connectivity index (χ1v) is 12.8. The molecule has 2 heterocycles. The first-order valence-electron chi connectivity index (χ1n) is 12.8. The summed E-state index contributed by atoms with van der Waals surface area (Å²) < 4.78 is 6.11. The van der Waals surface area contributed by atoms with Crippen LogP contribution in [0.5, 0.6) is 5.75 Å². The van der Waals surface area contributed by atoms with Gasteiger partial charge in [0.1, 0.15) is 5.75 Å². The summed E-state index contributed by atoms with van der Waals surface area (Å²) in [6.45, 7) is 5.32. The van der Waals surface area contributed by atoms with E-state index in [1.54, 1.807) is 0 Å². The minimum atomic E-state index is 0.642. The first kappa shape index (κ1) is 23.0. The number of hydrogen-bond donors (Lipinski definition) is 0. The molecule has 0 N–H and O–H groups in total. The Labute approximate surface area is 209 Å². The van der Waals surface area contributed by atoms with Crippen LogP contribution in [0.1, 0.15) is 45.1 Å². The van der Waals surface area contributed by atoms with Crippen molar-refractivity contribution >= 4 is 11.8 Å². The van der Waals surface area contributed by atoms with E-state index < -0.39 is 0 Å². The van der Waals surface area contributed by atoms with Gasteiger partial charge in [0, 0.05) is 24.2 Å². The second-order valence-corrected chi connectivity index (χ2v) is 9.33. The third-order valence-corrected chi connectivity index (χ3v) is 6.92. The fourth-order valence-electron chi connectivity index (χ4n) is 4.71. The van der Waals surface area contributed by atoms with Crippen LogP contribution in [0.2, 0.25) is 0 Å². The minimum Gasteiger partial charge on any atom is -0.493 e. The lowest BCUT2D eigenvalue weighted by Gasteiger charge is -2.36. The van der Waals surface area contributed by atoms with Crippen molar-refractivity contribution in [1.82, 2.24) is 5.01 Å². The molecule has 2 aliphatic rings. The van der Waals surface area contributed by atoms with Crippen LogP contribution in [-0.2, 0) is 0 Å². The van der Waals surface area contributed by atoms with E-state index in [2.05, 4.69) is 121 Å². The summed E-state index contributed by atoms with van der Waals surface area (Å²) >= 11 is 0. The molecule has 35 heavy (non-hydrogen) atoms. The average molecular weight is 463 g/mol. The van der Waals surface area contributed by atoms with Gasteiger partial charge in [0.25, 0.3) is 0 Å². The van der Waals surface area contributed by atoms with E-state index in [-0.39, 0.29) is 0 Å². The smallest absolute Gasteiger partial charge is 0.119 e. The number of hydrogen-bond acceptors (Lipinski definition) is 3. The lowest BCUT2D eigenvalue weighted by atomic mass is 9.97. The van der Waals surface area contributed by atoms with Crippen molar-refractivity contribution in [2.75, 3.05) is 11.6 Å². The van der Waals surface area contributed by atoms with Crippen LogP contribution in [-0.4, -0.2) is 11.6 Å². The molecule has 3 aromatic rings. The molecule has 1 atom stereocenters. The van der Waals surface area contributed by atoms with Crippen molar-refractivity contribution in [2.45, 2.75) is 39.5 Å². The summed E-state index contributed by atoms with van der Waals surface area (Å²) in [5.74, 6) is 1.60. The summed E-state index contributed by atoms with van der Waals surface area (Å²) in [6, 6.07) is 24.0. The highest BCUT2D eigenvalue weighted by atomic mass is 16.5. The van der Waals surface area contributed by atoms with E-state index in [1.165, 1.54) is 59.2 Å². The fourth-order valence-corrected chi connectivity index (χ4v) is 4.71. The normalized spacial score (nSPS) is 14.6. The monoisotopic (exact) mass is 462 g/mol. The molecule has 2 aliphatic heterocycles. The zero-order valence-corrected chi connectivity index (χ0v) is 20.7. The number of unbranched alkanes of at least 4 members (excludes halogenated alkanes) is 1. The van der Waals surface area contributed by atoms with Crippen molar-refractivity contribution in [3.63, 3.8) is 0 Å². The molecule has 3 nitrogen and oxygen atoms in total. The molecule has 0 amide bonds. The molecule has 5 rings (SSSR count). The Morgan fingerprint density at radius 3 is 2.31 bits per heavy atom. The van der Waals surface area contributed by atoms with E-state index in [9.17, 15) is 0 Å². The van der Waals surface area contributed by atoms with Gasteiger partial charge in [-0.25, -0.2) is 0 Å². The fraction of sp³-hybridized carbons (Fsp3) is 0.250. The highest BCUT2D eigenvalue weighted by molar-refractivity contribution is 5.80.